The van der Waals surface area contributed by atoms with Gasteiger partial charge in [-0.25, -0.2) is 4.98 Å². The maximum Gasteiger partial charge on any atom is 0.0991 e. The van der Waals surface area contributed by atoms with E-state index in [0.717, 1.165) is 12.2 Å². The largest absolute Gasteiger partial charge is 0.310 e. The van der Waals surface area contributed by atoms with Crippen molar-refractivity contribution >= 4 is 0 Å². The average molecular weight is 285 g/mol. The molecule has 0 bridgehead atoms. The van der Waals surface area contributed by atoms with Crippen molar-refractivity contribution in [3.8, 4) is 5.69 Å². The van der Waals surface area contributed by atoms with Crippen LogP contribution < -0.4 is 5.32 Å². The van der Waals surface area contributed by atoms with Gasteiger partial charge in [-0.1, -0.05) is 39.8 Å². The lowest BCUT2D eigenvalue weighted by Gasteiger charge is -2.29. The zero-order chi connectivity index (χ0) is 15.5. The first-order valence-corrected chi connectivity index (χ1v) is 7.69. The van der Waals surface area contributed by atoms with E-state index in [1.807, 2.05) is 17.1 Å². The lowest BCUT2D eigenvalue weighted by molar-refractivity contribution is 0.247. The Hall–Kier alpha value is -1.61. The fourth-order valence-corrected chi connectivity index (χ4v) is 2.12. The van der Waals surface area contributed by atoms with Crippen LogP contribution in [0.15, 0.2) is 43.0 Å². The highest BCUT2D eigenvalue weighted by atomic mass is 15.0. The van der Waals surface area contributed by atoms with E-state index < -0.39 is 0 Å². The molecule has 2 atom stereocenters. The maximum atomic E-state index is 4.08. The molecule has 0 saturated heterocycles. The van der Waals surface area contributed by atoms with Gasteiger partial charge in [0.1, 0.15) is 0 Å². The van der Waals surface area contributed by atoms with Gasteiger partial charge >= 0.3 is 0 Å². The van der Waals surface area contributed by atoms with E-state index >= 15 is 0 Å². The first-order valence-electron chi connectivity index (χ1n) is 7.69. The van der Waals surface area contributed by atoms with E-state index in [0.29, 0.717) is 17.4 Å². The molecular formula is C18H27N3. The van der Waals surface area contributed by atoms with Crippen LogP contribution in [0, 0.1) is 11.3 Å². The normalized spacial score (nSPS) is 14.9. The van der Waals surface area contributed by atoms with Gasteiger partial charge in [0.05, 0.1) is 6.33 Å². The summed E-state index contributed by atoms with van der Waals surface area (Å²) >= 11 is 0. The Labute approximate surface area is 128 Å². The van der Waals surface area contributed by atoms with E-state index in [-0.39, 0.29) is 0 Å². The number of hydrogen-bond donors (Lipinski definition) is 1. The SMILES string of the molecule is CC(NCC(C)C(C)(C)C)c1ccc(-n2ccnc2)cc1. The van der Waals surface area contributed by atoms with Crippen LogP contribution in [0.3, 0.4) is 0 Å². The lowest BCUT2D eigenvalue weighted by atomic mass is 9.82. The molecule has 1 aromatic heterocycles. The third-order valence-corrected chi connectivity index (χ3v) is 4.40. The summed E-state index contributed by atoms with van der Waals surface area (Å²) in [5.74, 6) is 0.644. The van der Waals surface area contributed by atoms with Crippen molar-refractivity contribution in [2.24, 2.45) is 11.3 Å². The predicted molar refractivity (Wildman–Crippen MR) is 88.6 cm³/mol. The van der Waals surface area contributed by atoms with Gasteiger partial charge in [-0.2, -0.15) is 0 Å². The summed E-state index contributed by atoms with van der Waals surface area (Å²) < 4.78 is 2.02. The van der Waals surface area contributed by atoms with Crippen LogP contribution in [0.5, 0.6) is 0 Å². The van der Waals surface area contributed by atoms with Gasteiger partial charge in [0.15, 0.2) is 0 Å². The van der Waals surface area contributed by atoms with Crippen LogP contribution in [-0.4, -0.2) is 16.1 Å². The highest BCUT2D eigenvalue weighted by Crippen LogP contribution is 2.25. The minimum Gasteiger partial charge on any atom is -0.310 e. The Morgan fingerprint density at radius 2 is 1.81 bits per heavy atom. The molecule has 114 valence electrons. The first kappa shape index (κ1) is 15.8. The van der Waals surface area contributed by atoms with Gasteiger partial charge in [0.25, 0.3) is 0 Å². The first-order chi connectivity index (χ1) is 9.88. The minimum atomic E-state index is 0.345. The molecule has 3 heteroatoms. The van der Waals surface area contributed by atoms with E-state index in [4.69, 9.17) is 0 Å². The molecule has 0 amide bonds. The standard InChI is InChI=1S/C18H27N3/c1-14(18(3,4)5)12-20-15(2)16-6-8-17(9-7-16)21-11-10-19-13-21/h6-11,13-15,20H,12H2,1-5H3. The summed E-state index contributed by atoms with van der Waals surface area (Å²) in [4.78, 5) is 4.08. The molecule has 1 heterocycles. The fraction of sp³-hybridized carbons (Fsp3) is 0.500. The number of aromatic nitrogens is 2. The van der Waals surface area contributed by atoms with Crippen LogP contribution in [0.25, 0.3) is 5.69 Å². The number of benzene rings is 1. The average Bonchev–Trinajstić information content (AvgIpc) is 2.97. The molecule has 0 aliphatic heterocycles. The van der Waals surface area contributed by atoms with Crippen molar-refractivity contribution in [2.75, 3.05) is 6.54 Å². The minimum absolute atomic E-state index is 0.345. The molecule has 21 heavy (non-hydrogen) atoms. The van der Waals surface area contributed by atoms with Gasteiger partial charge in [0.2, 0.25) is 0 Å². The Bertz CT molecular complexity index is 535. The van der Waals surface area contributed by atoms with Crippen molar-refractivity contribution in [3.05, 3.63) is 48.5 Å². The number of hydrogen-bond acceptors (Lipinski definition) is 2. The van der Waals surface area contributed by atoms with Crippen LogP contribution in [0.2, 0.25) is 0 Å². The molecule has 2 unspecified atom stereocenters. The quantitative estimate of drug-likeness (QED) is 0.892. The van der Waals surface area contributed by atoms with Gasteiger partial charge in [-0.15, -0.1) is 0 Å². The van der Waals surface area contributed by atoms with Crippen molar-refractivity contribution in [1.82, 2.24) is 14.9 Å². The summed E-state index contributed by atoms with van der Waals surface area (Å²) in [5.41, 5.74) is 2.81. The van der Waals surface area contributed by atoms with Crippen molar-refractivity contribution in [1.29, 1.82) is 0 Å². The van der Waals surface area contributed by atoms with Crippen LogP contribution in [-0.2, 0) is 0 Å². The summed E-state index contributed by atoms with van der Waals surface area (Å²) in [6.07, 6.45) is 5.58. The highest BCUT2D eigenvalue weighted by Gasteiger charge is 2.20. The molecule has 0 spiro atoms. The molecule has 1 aromatic carbocycles. The molecule has 1 N–H and O–H groups in total. The second-order valence-corrected chi connectivity index (χ2v) is 6.96. The fourth-order valence-electron chi connectivity index (χ4n) is 2.12. The Morgan fingerprint density at radius 3 is 2.33 bits per heavy atom. The highest BCUT2D eigenvalue weighted by molar-refractivity contribution is 5.35. The van der Waals surface area contributed by atoms with Gasteiger partial charge in [0, 0.05) is 24.1 Å². The van der Waals surface area contributed by atoms with E-state index in [9.17, 15) is 0 Å². The third kappa shape index (κ3) is 4.18. The van der Waals surface area contributed by atoms with Crippen LogP contribution in [0.1, 0.15) is 46.2 Å². The summed E-state index contributed by atoms with van der Waals surface area (Å²) in [7, 11) is 0. The molecule has 0 aliphatic rings. The molecular weight excluding hydrogens is 258 g/mol. The maximum absolute atomic E-state index is 4.08. The predicted octanol–water partition coefficient (Wildman–Crippen LogP) is 4.21. The van der Waals surface area contributed by atoms with Crippen molar-refractivity contribution < 1.29 is 0 Å². The number of nitrogens with zero attached hydrogens (tertiary/aromatic N) is 2. The second kappa shape index (κ2) is 6.44. The molecule has 0 radical (unpaired) electrons. The zero-order valence-electron chi connectivity index (χ0n) is 13.8. The Morgan fingerprint density at radius 1 is 1.14 bits per heavy atom. The third-order valence-electron chi connectivity index (χ3n) is 4.40. The molecule has 2 aromatic rings. The molecule has 3 nitrogen and oxygen atoms in total. The van der Waals surface area contributed by atoms with Crippen molar-refractivity contribution in [3.63, 3.8) is 0 Å². The molecule has 0 fully saturated rings. The smallest absolute Gasteiger partial charge is 0.0991 e. The van der Waals surface area contributed by atoms with Crippen molar-refractivity contribution in [2.45, 2.75) is 40.7 Å². The van der Waals surface area contributed by atoms with Crippen LogP contribution in [0.4, 0.5) is 0 Å². The molecule has 0 saturated carbocycles. The van der Waals surface area contributed by atoms with Crippen LogP contribution >= 0.6 is 0 Å². The zero-order valence-corrected chi connectivity index (χ0v) is 13.8. The van der Waals surface area contributed by atoms with E-state index in [1.54, 1.807) is 6.20 Å². The Balaban J connectivity index is 1.96. The van der Waals surface area contributed by atoms with Gasteiger partial charge in [-0.3, -0.25) is 0 Å². The molecule has 2 rings (SSSR count). The Kier molecular flexibility index (Phi) is 4.84. The van der Waals surface area contributed by atoms with E-state index in [1.165, 1.54) is 5.56 Å². The number of nitrogens with one attached hydrogen (secondary N) is 1. The number of rotatable bonds is 5. The summed E-state index contributed by atoms with van der Waals surface area (Å²) in [5, 5.41) is 3.64. The molecule has 0 aliphatic carbocycles. The van der Waals surface area contributed by atoms with Gasteiger partial charge in [-0.05, 0) is 42.5 Å². The summed E-state index contributed by atoms with van der Waals surface area (Å²) in [6, 6.07) is 9.03. The topological polar surface area (TPSA) is 29.9 Å². The van der Waals surface area contributed by atoms with Gasteiger partial charge < -0.3 is 9.88 Å². The lowest BCUT2D eigenvalue weighted by Crippen LogP contribution is -2.31. The summed E-state index contributed by atoms with van der Waals surface area (Å²) in [6.45, 7) is 12.5. The monoisotopic (exact) mass is 285 g/mol. The second-order valence-electron chi connectivity index (χ2n) is 6.96. The number of imidazole rings is 1. The van der Waals surface area contributed by atoms with E-state index in [2.05, 4.69) is 69.2 Å².